The van der Waals surface area contributed by atoms with Gasteiger partial charge >= 0.3 is 0 Å². The van der Waals surface area contributed by atoms with Crippen molar-refractivity contribution >= 4 is 12.4 Å². The minimum Gasteiger partial charge on any atom is -0.493 e. The number of benzene rings is 2. The summed E-state index contributed by atoms with van der Waals surface area (Å²) in [5.74, 6) is 2.94. The van der Waals surface area contributed by atoms with Gasteiger partial charge in [-0.05, 0) is 54.8 Å². The Kier molecular flexibility index (Phi) is 7.60. The fourth-order valence-electron chi connectivity index (χ4n) is 4.80. The predicted molar refractivity (Wildman–Crippen MR) is 115 cm³/mol. The summed E-state index contributed by atoms with van der Waals surface area (Å²) in [4.78, 5) is 0. The fourth-order valence-corrected chi connectivity index (χ4v) is 4.80. The molecule has 1 heterocycles. The number of hydrogen-bond donors (Lipinski definition) is 1. The van der Waals surface area contributed by atoms with E-state index in [2.05, 4.69) is 59.9 Å². The number of hydrogen-bond acceptors (Lipinski definition) is 2. The molecule has 1 saturated carbocycles. The summed E-state index contributed by atoms with van der Waals surface area (Å²) in [6, 6.07) is 19.7. The number of para-hydroxylation sites is 1. The van der Waals surface area contributed by atoms with Crippen LogP contribution in [0.15, 0.2) is 54.6 Å². The van der Waals surface area contributed by atoms with Crippen LogP contribution in [0.1, 0.15) is 61.5 Å². The molecule has 4 rings (SSSR count). The Balaban J connectivity index is 0.00000210. The monoisotopic (exact) mass is 385 g/mol. The van der Waals surface area contributed by atoms with E-state index in [4.69, 9.17) is 4.74 Å². The second kappa shape index (κ2) is 10.1. The van der Waals surface area contributed by atoms with E-state index >= 15 is 0 Å². The van der Waals surface area contributed by atoms with Crippen LogP contribution in [-0.2, 0) is 0 Å². The number of halogens is 1. The molecule has 2 aromatic rings. The Bertz CT molecular complexity index is 684. The molecule has 0 spiro atoms. The summed E-state index contributed by atoms with van der Waals surface area (Å²) in [7, 11) is 0. The number of nitrogens with one attached hydrogen (secondary N) is 1. The molecule has 2 atom stereocenters. The average molecular weight is 386 g/mol. The zero-order chi connectivity index (χ0) is 17.6. The third kappa shape index (κ3) is 5.06. The first-order valence-electron chi connectivity index (χ1n) is 10.4. The van der Waals surface area contributed by atoms with Crippen molar-refractivity contribution in [3.8, 4) is 5.75 Å². The van der Waals surface area contributed by atoms with Gasteiger partial charge in [-0.3, -0.25) is 0 Å². The molecule has 1 aliphatic carbocycles. The van der Waals surface area contributed by atoms with E-state index in [1.165, 1.54) is 49.7 Å². The molecule has 0 radical (unpaired) electrons. The second-order valence-corrected chi connectivity index (χ2v) is 7.95. The third-order valence-corrected chi connectivity index (χ3v) is 6.25. The summed E-state index contributed by atoms with van der Waals surface area (Å²) in [5, 5.41) is 3.57. The molecule has 2 aliphatic rings. The molecule has 0 bridgehead atoms. The number of piperidine rings is 1. The Labute approximate surface area is 170 Å². The Morgan fingerprint density at radius 1 is 0.852 bits per heavy atom. The highest BCUT2D eigenvalue weighted by molar-refractivity contribution is 5.85. The van der Waals surface area contributed by atoms with Crippen molar-refractivity contribution < 1.29 is 4.74 Å². The molecule has 1 N–H and O–H groups in total. The van der Waals surface area contributed by atoms with Crippen LogP contribution < -0.4 is 10.1 Å². The maximum absolute atomic E-state index is 6.44. The number of rotatable bonds is 5. The SMILES string of the molecule is Cl.c1ccc([C@@H]2CCNC[C@H]2COc2ccccc2C2CCCCC2)cc1. The van der Waals surface area contributed by atoms with E-state index in [9.17, 15) is 0 Å². The first kappa shape index (κ1) is 20.2. The van der Waals surface area contributed by atoms with Crippen molar-refractivity contribution in [2.24, 2.45) is 5.92 Å². The standard InChI is InChI=1S/C24H31NO.ClH/c1-3-9-19(10-4-1)22-15-16-25-17-21(22)18-26-24-14-8-7-13-23(24)20-11-5-2-6-12-20;/h1,3-4,7-10,13-14,20-22,25H,2,5-6,11-12,15-18H2;1H/t21-,22-;/m0./s1. The summed E-state index contributed by atoms with van der Waals surface area (Å²) >= 11 is 0. The lowest BCUT2D eigenvalue weighted by Gasteiger charge is -2.33. The molecule has 1 aliphatic heterocycles. The molecule has 27 heavy (non-hydrogen) atoms. The Hall–Kier alpha value is -1.51. The minimum absolute atomic E-state index is 0. The van der Waals surface area contributed by atoms with Crippen molar-refractivity contribution in [2.45, 2.75) is 50.4 Å². The molecule has 2 fully saturated rings. The van der Waals surface area contributed by atoms with Gasteiger partial charge in [0.05, 0.1) is 6.61 Å². The summed E-state index contributed by atoms with van der Waals surface area (Å²) in [6.07, 6.45) is 7.95. The van der Waals surface area contributed by atoms with Crippen LogP contribution in [0.4, 0.5) is 0 Å². The van der Waals surface area contributed by atoms with Crippen molar-refractivity contribution in [2.75, 3.05) is 19.7 Å². The first-order chi connectivity index (χ1) is 12.9. The smallest absolute Gasteiger partial charge is 0.122 e. The third-order valence-electron chi connectivity index (χ3n) is 6.25. The van der Waals surface area contributed by atoms with Gasteiger partial charge in [0.15, 0.2) is 0 Å². The molecular formula is C24H32ClNO. The van der Waals surface area contributed by atoms with Gasteiger partial charge in [0.25, 0.3) is 0 Å². The van der Waals surface area contributed by atoms with Crippen molar-refractivity contribution in [3.63, 3.8) is 0 Å². The maximum Gasteiger partial charge on any atom is 0.122 e. The summed E-state index contributed by atoms with van der Waals surface area (Å²) in [5.41, 5.74) is 2.90. The summed E-state index contributed by atoms with van der Waals surface area (Å²) < 4.78 is 6.44. The van der Waals surface area contributed by atoms with E-state index in [0.29, 0.717) is 17.8 Å². The fraction of sp³-hybridized carbons (Fsp3) is 0.500. The van der Waals surface area contributed by atoms with E-state index in [0.717, 1.165) is 25.4 Å². The van der Waals surface area contributed by atoms with Crippen LogP contribution in [0, 0.1) is 5.92 Å². The van der Waals surface area contributed by atoms with Gasteiger partial charge < -0.3 is 10.1 Å². The lowest BCUT2D eigenvalue weighted by atomic mass is 9.81. The maximum atomic E-state index is 6.44. The van der Waals surface area contributed by atoms with Gasteiger partial charge in [-0.2, -0.15) is 0 Å². The quantitative estimate of drug-likeness (QED) is 0.688. The molecule has 1 saturated heterocycles. The Morgan fingerprint density at radius 2 is 1.59 bits per heavy atom. The van der Waals surface area contributed by atoms with Crippen LogP contribution in [0.5, 0.6) is 5.75 Å². The second-order valence-electron chi connectivity index (χ2n) is 7.95. The highest BCUT2D eigenvalue weighted by atomic mass is 35.5. The van der Waals surface area contributed by atoms with E-state index in [-0.39, 0.29) is 12.4 Å². The largest absolute Gasteiger partial charge is 0.493 e. The van der Waals surface area contributed by atoms with Crippen LogP contribution >= 0.6 is 12.4 Å². The molecular weight excluding hydrogens is 354 g/mol. The van der Waals surface area contributed by atoms with Crippen molar-refractivity contribution in [1.82, 2.24) is 5.32 Å². The van der Waals surface area contributed by atoms with Crippen LogP contribution in [0.3, 0.4) is 0 Å². The minimum atomic E-state index is 0. The van der Waals surface area contributed by atoms with E-state index in [1.807, 2.05) is 0 Å². The van der Waals surface area contributed by atoms with Crippen LogP contribution in [-0.4, -0.2) is 19.7 Å². The normalized spacial score (nSPS) is 23.4. The molecule has 0 aromatic heterocycles. The van der Waals surface area contributed by atoms with E-state index in [1.54, 1.807) is 0 Å². The van der Waals surface area contributed by atoms with Gasteiger partial charge in [0.1, 0.15) is 5.75 Å². The van der Waals surface area contributed by atoms with Crippen LogP contribution in [0.2, 0.25) is 0 Å². The van der Waals surface area contributed by atoms with Gasteiger partial charge in [0, 0.05) is 12.5 Å². The molecule has 0 amide bonds. The van der Waals surface area contributed by atoms with Crippen molar-refractivity contribution in [3.05, 3.63) is 65.7 Å². The Morgan fingerprint density at radius 3 is 2.41 bits per heavy atom. The highest BCUT2D eigenvalue weighted by Gasteiger charge is 2.27. The zero-order valence-corrected chi connectivity index (χ0v) is 16.9. The molecule has 2 aromatic carbocycles. The molecule has 3 heteroatoms. The molecule has 2 nitrogen and oxygen atoms in total. The topological polar surface area (TPSA) is 21.3 Å². The van der Waals surface area contributed by atoms with Crippen LogP contribution in [0.25, 0.3) is 0 Å². The highest BCUT2D eigenvalue weighted by Crippen LogP contribution is 2.38. The van der Waals surface area contributed by atoms with Gasteiger partial charge in [0.2, 0.25) is 0 Å². The van der Waals surface area contributed by atoms with Gasteiger partial charge in [-0.15, -0.1) is 12.4 Å². The average Bonchev–Trinajstić information content (AvgIpc) is 2.74. The molecule has 0 unspecified atom stereocenters. The number of ether oxygens (including phenoxy) is 1. The zero-order valence-electron chi connectivity index (χ0n) is 16.1. The van der Waals surface area contributed by atoms with Gasteiger partial charge in [-0.1, -0.05) is 67.8 Å². The summed E-state index contributed by atoms with van der Waals surface area (Å²) in [6.45, 7) is 2.95. The van der Waals surface area contributed by atoms with Crippen molar-refractivity contribution in [1.29, 1.82) is 0 Å². The van der Waals surface area contributed by atoms with E-state index < -0.39 is 0 Å². The predicted octanol–water partition coefficient (Wildman–Crippen LogP) is 5.93. The van der Waals surface area contributed by atoms with Gasteiger partial charge in [-0.25, -0.2) is 0 Å². The molecule has 146 valence electrons. The lowest BCUT2D eigenvalue weighted by Crippen LogP contribution is -2.38. The first-order valence-corrected chi connectivity index (χ1v) is 10.4. The lowest BCUT2D eigenvalue weighted by molar-refractivity contribution is 0.194.